The Morgan fingerprint density at radius 2 is 1.95 bits per heavy atom. The van der Waals surface area contributed by atoms with Gasteiger partial charge in [-0.3, -0.25) is 0 Å². The number of rotatable bonds is 5. The summed E-state index contributed by atoms with van der Waals surface area (Å²) in [4.78, 5) is 2.44. The Kier molecular flexibility index (Phi) is 5.16. The van der Waals surface area contributed by atoms with Crippen molar-refractivity contribution in [3.05, 3.63) is 18.2 Å². The number of hydrogen-bond donors (Lipinski definition) is 1. The SMILES string of the molecule is CCCOc1cc(N)cc(N2CCC(C(C)C)CC2)c1. The van der Waals surface area contributed by atoms with Crippen LogP contribution < -0.4 is 15.4 Å². The van der Waals surface area contributed by atoms with Crippen LogP contribution in [0.4, 0.5) is 11.4 Å². The van der Waals surface area contributed by atoms with E-state index in [1.807, 2.05) is 6.07 Å². The first-order valence-corrected chi connectivity index (χ1v) is 7.88. The molecule has 0 radical (unpaired) electrons. The molecule has 1 saturated heterocycles. The van der Waals surface area contributed by atoms with Crippen molar-refractivity contribution < 1.29 is 4.74 Å². The van der Waals surface area contributed by atoms with E-state index in [0.29, 0.717) is 0 Å². The predicted molar refractivity (Wildman–Crippen MR) is 86.4 cm³/mol. The highest BCUT2D eigenvalue weighted by molar-refractivity contribution is 5.60. The van der Waals surface area contributed by atoms with Gasteiger partial charge in [0.2, 0.25) is 0 Å². The maximum atomic E-state index is 6.01. The van der Waals surface area contributed by atoms with Crippen molar-refractivity contribution in [1.82, 2.24) is 0 Å². The number of hydrogen-bond acceptors (Lipinski definition) is 3. The molecule has 2 N–H and O–H groups in total. The zero-order valence-corrected chi connectivity index (χ0v) is 13.1. The molecule has 0 unspecified atom stereocenters. The van der Waals surface area contributed by atoms with Crippen molar-refractivity contribution in [3.8, 4) is 5.75 Å². The van der Waals surface area contributed by atoms with Crippen molar-refractivity contribution in [2.75, 3.05) is 30.3 Å². The minimum absolute atomic E-state index is 0.748. The predicted octanol–water partition coefficient (Wildman–Crippen LogP) is 3.93. The largest absolute Gasteiger partial charge is 0.493 e. The fraction of sp³-hybridized carbons (Fsp3) is 0.647. The smallest absolute Gasteiger partial charge is 0.123 e. The van der Waals surface area contributed by atoms with Crippen molar-refractivity contribution in [2.45, 2.75) is 40.0 Å². The van der Waals surface area contributed by atoms with Crippen molar-refractivity contribution in [1.29, 1.82) is 0 Å². The van der Waals surface area contributed by atoms with Gasteiger partial charge in [0.25, 0.3) is 0 Å². The molecule has 1 fully saturated rings. The molecule has 1 aliphatic heterocycles. The minimum atomic E-state index is 0.748. The van der Waals surface area contributed by atoms with Crippen LogP contribution in [0.15, 0.2) is 18.2 Å². The summed E-state index contributed by atoms with van der Waals surface area (Å²) in [6, 6.07) is 6.11. The van der Waals surface area contributed by atoms with Crippen molar-refractivity contribution in [3.63, 3.8) is 0 Å². The maximum absolute atomic E-state index is 6.01. The van der Waals surface area contributed by atoms with Crippen LogP contribution in [-0.4, -0.2) is 19.7 Å². The molecular formula is C17H28N2O. The maximum Gasteiger partial charge on any atom is 0.123 e. The van der Waals surface area contributed by atoms with Gasteiger partial charge >= 0.3 is 0 Å². The zero-order valence-electron chi connectivity index (χ0n) is 13.1. The molecule has 3 heteroatoms. The molecule has 1 aromatic carbocycles. The van der Waals surface area contributed by atoms with E-state index in [2.05, 4.69) is 37.8 Å². The normalized spacial score (nSPS) is 16.7. The van der Waals surface area contributed by atoms with Gasteiger partial charge in [0.1, 0.15) is 5.75 Å². The Bertz CT molecular complexity index is 423. The minimum Gasteiger partial charge on any atom is -0.493 e. The van der Waals surface area contributed by atoms with E-state index >= 15 is 0 Å². The fourth-order valence-electron chi connectivity index (χ4n) is 2.92. The Labute approximate surface area is 123 Å². The third kappa shape index (κ3) is 3.81. The highest BCUT2D eigenvalue weighted by Gasteiger charge is 2.22. The lowest BCUT2D eigenvalue weighted by Gasteiger charge is -2.35. The lowest BCUT2D eigenvalue weighted by molar-refractivity contribution is 0.309. The van der Waals surface area contributed by atoms with Gasteiger partial charge in [-0.15, -0.1) is 0 Å². The van der Waals surface area contributed by atoms with Crippen LogP contribution in [0.1, 0.15) is 40.0 Å². The number of nitrogen functional groups attached to an aromatic ring is 1. The van der Waals surface area contributed by atoms with Crippen LogP contribution in [0, 0.1) is 11.8 Å². The average molecular weight is 276 g/mol. The number of piperidine rings is 1. The summed E-state index contributed by atoms with van der Waals surface area (Å²) in [7, 11) is 0. The Balaban J connectivity index is 2.03. The van der Waals surface area contributed by atoms with Crippen LogP contribution in [0.25, 0.3) is 0 Å². The number of ether oxygens (including phenoxy) is 1. The Morgan fingerprint density at radius 1 is 1.25 bits per heavy atom. The van der Waals surface area contributed by atoms with Crippen LogP contribution in [-0.2, 0) is 0 Å². The topological polar surface area (TPSA) is 38.5 Å². The summed E-state index contributed by atoms with van der Waals surface area (Å²) in [6.45, 7) is 9.77. The van der Waals surface area contributed by atoms with Gasteiger partial charge in [-0.25, -0.2) is 0 Å². The second kappa shape index (κ2) is 6.87. The highest BCUT2D eigenvalue weighted by atomic mass is 16.5. The molecule has 1 heterocycles. The van der Waals surface area contributed by atoms with Gasteiger partial charge < -0.3 is 15.4 Å². The van der Waals surface area contributed by atoms with Gasteiger partial charge in [0.15, 0.2) is 0 Å². The summed E-state index contributed by atoms with van der Waals surface area (Å²) in [5.74, 6) is 2.55. The molecule has 2 rings (SSSR count). The van der Waals surface area contributed by atoms with Crippen LogP contribution in [0.2, 0.25) is 0 Å². The molecular weight excluding hydrogens is 248 g/mol. The second-order valence-electron chi connectivity index (χ2n) is 6.18. The summed E-state index contributed by atoms with van der Waals surface area (Å²) in [5, 5.41) is 0. The quantitative estimate of drug-likeness (QED) is 0.828. The zero-order chi connectivity index (χ0) is 14.5. The summed E-state index contributed by atoms with van der Waals surface area (Å²) >= 11 is 0. The van der Waals surface area contributed by atoms with Gasteiger partial charge in [0.05, 0.1) is 6.61 Å². The Hall–Kier alpha value is -1.38. The molecule has 0 aliphatic carbocycles. The molecule has 1 aromatic rings. The molecule has 3 nitrogen and oxygen atoms in total. The van der Waals surface area contributed by atoms with E-state index in [-0.39, 0.29) is 0 Å². The molecule has 0 aromatic heterocycles. The molecule has 1 aliphatic rings. The van der Waals surface area contributed by atoms with Gasteiger partial charge in [-0.05, 0) is 37.2 Å². The first-order valence-electron chi connectivity index (χ1n) is 7.88. The summed E-state index contributed by atoms with van der Waals surface area (Å²) in [5.41, 5.74) is 8.00. The van der Waals surface area contributed by atoms with E-state index in [1.165, 1.54) is 18.5 Å². The number of nitrogens with zero attached hydrogens (tertiary/aromatic N) is 1. The number of anilines is 2. The first kappa shape index (κ1) is 15.0. The van der Waals surface area contributed by atoms with Gasteiger partial charge in [-0.2, -0.15) is 0 Å². The average Bonchev–Trinajstić information content (AvgIpc) is 2.44. The van der Waals surface area contributed by atoms with E-state index in [1.54, 1.807) is 0 Å². The molecule has 112 valence electrons. The van der Waals surface area contributed by atoms with E-state index in [4.69, 9.17) is 10.5 Å². The lowest BCUT2D eigenvalue weighted by atomic mass is 9.86. The van der Waals surface area contributed by atoms with Gasteiger partial charge in [0, 0.05) is 36.6 Å². The standard InChI is InChI=1S/C17H28N2O/c1-4-9-20-17-11-15(18)10-16(12-17)19-7-5-14(6-8-19)13(2)3/h10-14H,4-9,18H2,1-3H3. The van der Waals surface area contributed by atoms with Crippen LogP contribution in [0.3, 0.4) is 0 Å². The van der Waals surface area contributed by atoms with E-state index < -0.39 is 0 Å². The second-order valence-corrected chi connectivity index (χ2v) is 6.18. The molecule has 0 saturated carbocycles. The lowest BCUT2D eigenvalue weighted by Crippen LogP contribution is -2.35. The third-order valence-corrected chi connectivity index (χ3v) is 4.23. The van der Waals surface area contributed by atoms with E-state index in [9.17, 15) is 0 Å². The van der Waals surface area contributed by atoms with Crippen molar-refractivity contribution in [2.24, 2.45) is 11.8 Å². The van der Waals surface area contributed by atoms with Gasteiger partial charge in [-0.1, -0.05) is 20.8 Å². The summed E-state index contributed by atoms with van der Waals surface area (Å²) < 4.78 is 5.72. The number of nitrogens with two attached hydrogens (primary N) is 1. The highest BCUT2D eigenvalue weighted by Crippen LogP contribution is 2.31. The molecule has 0 atom stereocenters. The van der Waals surface area contributed by atoms with Crippen LogP contribution in [0.5, 0.6) is 5.75 Å². The first-order chi connectivity index (χ1) is 9.60. The van der Waals surface area contributed by atoms with E-state index in [0.717, 1.165) is 49.4 Å². The monoisotopic (exact) mass is 276 g/mol. The molecule has 0 bridgehead atoms. The summed E-state index contributed by atoms with van der Waals surface area (Å²) in [6.07, 6.45) is 3.57. The molecule has 0 amide bonds. The Morgan fingerprint density at radius 3 is 2.55 bits per heavy atom. The van der Waals surface area contributed by atoms with Crippen LogP contribution >= 0.6 is 0 Å². The number of benzene rings is 1. The fourth-order valence-corrected chi connectivity index (χ4v) is 2.92. The van der Waals surface area contributed by atoms with Crippen molar-refractivity contribution >= 4 is 11.4 Å². The molecule has 0 spiro atoms. The molecule has 20 heavy (non-hydrogen) atoms. The third-order valence-electron chi connectivity index (χ3n) is 4.23.